The Morgan fingerprint density at radius 2 is 1.83 bits per heavy atom. The first-order chi connectivity index (χ1) is 17.0. The third kappa shape index (κ3) is 3.30. The summed E-state index contributed by atoms with van der Waals surface area (Å²) in [6, 6.07) is 8.13. The molecule has 2 aromatic rings. The largest absolute Gasteiger partial charge is 0.493 e. The van der Waals surface area contributed by atoms with E-state index in [-0.39, 0.29) is 18.9 Å². The Morgan fingerprint density at radius 3 is 2.44 bits per heavy atom. The number of alkyl halides is 3. The number of imide groups is 1. The Kier molecular flexibility index (Phi) is 5.53. The fourth-order valence-electron chi connectivity index (χ4n) is 5.78. The maximum Gasteiger partial charge on any atom is 0.416 e. The Hall–Kier alpha value is -3.56. The van der Waals surface area contributed by atoms with Gasteiger partial charge in [-0.25, -0.2) is 9.69 Å². The Morgan fingerprint density at radius 1 is 1.14 bits per heavy atom. The normalized spacial score (nSPS) is 26.9. The van der Waals surface area contributed by atoms with Crippen LogP contribution in [0.3, 0.4) is 0 Å². The monoisotopic (exact) mass is 502 g/mol. The minimum atomic E-state index is -4.56. The zero-order valence-electron chi connectivity index (χ0n) is 20.0. The number of anilines is 1. The van der Waals surface area contributed by atoms with Gasteiger partial charge in [0, 0.05) is 11.5 Å². The number of fused-ring (bicyclic) bond motifs is 5. The second-order valence-electron chi connectivity index (χ2n) is 9.36. The SMILES string of the molecule is CCOC(=O)[C@@H]1[C@H]2COc3cc(CC)ccc3[C@H]2N2C(=O)N(c3ccc(C(F)(F)F)cc3)C(=O)[C@@]12C. The molecule has 0 N–H and O–H groups in total. The lowest BCUT2D eigenvalue weighted by molar-refractivity contribution is -0.154. The Balaban J connectivity index is 1.63. The molecule has 0 aromatic heterocycles. The van der Waals surface area contributed by atoms with Crippen LogP contribution in [0.25, 0.3) is 0 Å². The first kappa shape index (κ1) is 24.1. The van der Waals surface area contributed by atoms with Crippen molar-refractivity contribution in [3.8, 4) is 5.75 Å². The lowest BCUT2D eigenvalue weighted by Gasteiger charge is -2.34. The number of hydrogen-bond donors (Lipinski definition) is 0. The third-order valence-electron chi connectivity index (χ3n) is 7.48. The molecule has 7 nitrogen and oxygen atoms in total. The van der Waals surface area contributed by atoms with E-state index in [2.05, 4.69) is 0 Å². The van der Waals surface area contributed by atoms with Crippen LogP contribution in [0.1, 0.15) is 43.5 Å². The predicted molar refractivity (Wildman–Crippen MR) is 122 cm³/mol. The number of ether oxygens (including phenoxy) is 2. The molecule has 36 heavy (non-hydrogen) atoms. The van der Waals surface area contributed by atoms with E-state index >= 15 is 0 Å². The van der Waals surface area contributed by atoms with Crippen LogP contribution in [-0.2, 0) is 26.9 Å². The molecule has 2 fully saturated rings. The number of hydrogen-bond acceptors (Lipinski definition) is 5. The van der Waals surface area contributed by atoms with Gasteiger partial charge in [0.2, 0.25) is 0 Å². The van der Waals surface area contributed by atoms with E-state index in [4.69, 9.17) is 9.47 Å². The van der Waals surface area contributed by atoms with Crippen LogP contribution in [0.15, 0.2) is 42.5 Å². The molecule has 0 spiro atoms. The molecule has 0 radical (unpaired) electrons. The van der Waals surface area contributed by atoms with E-state index in [9.17, 15) is 27.6 Å². The molecule has 4 atom stereocenters. The van der Waals surface area contributed by atoms with Gasteiger partial charge in [-0.3, -0.25) is 9.59 Å². The van der Waals surface area contributed by atoms with E-state index in [1.165, 1.54) is 11.8 Å². The minimum Gasteiger partial charge on any atom is -0.493 e. The first-order valence-corrected chi connectivity index (χ1v) is 11.8. The van der Waals surface area contributed by atoms with Crippen molar-refractivity contribution in [2.24, 2.45) is 11.8 Å². The molecular formula is C26H25F3N2O5. The average Bonchev–Trinajstić information content (AvgIpc) is 3.23. The summed E-state index contributed by atoms with van der Waals surface area (Å²) >= 11 is 0. The Labute approximate surface area is 205 Å². The van der Waals surface area contributed by atoms with Gasteiger partial charge in [-0.1, -0.05) is 19.1 Å². The number of halogens is 3. The summed E-state index contributed by atoms with van der Waals surface area (Å²) in [7, 11) is 0. The van der Waals surface area contributed by atoms with Crippen molar-refractivity contribution in [2.45, 2.75) is 44.9 Å². The van der Waals surface area contributed by atoms with E-state index < -0.39 is 53.1 Å². The van der Waals surface area contributed by atoms with Crippen LogP contribution in [0.2, 0.25) is 0 Å². The molecule has 0 saturated carbocycles. The van der Waals surface area contributed by atoms with E-state index in [0.29, 0.717) is 11.3 Å². The van der Waals surface area contributed by atoms with Crippen LogP contribution in [-0.4, -0.2) is 41.6 Å². The van der Waals surface area contributed by atoms with Crippen LogP contribution >= 0.6 is 0 Å². The van der Waals surface area contributed by atoms with Gasteiger partial charge in [0.15, 0.2) is 0 Å². The molecule has 3 aliphatic rings. The van der Waals surface area contributed by atoms with Crippen LogP contribution in [0, 0.1) is 11.8 Å². The summed E-state index contributed by atoms with van der Waals surface area (Å²) in [5, 5.41) is 0. The molecule has 3 heterocycles. The lowest BCUT2D eigenvalue weighted by atomic mass is 9.77. The van der Waals surface area contributed by atoms with E-state index in [1.807, 2.05) is 25.1 Å². The standard InChI is InChI=1S/C26H25F3N2O5/c1-4-14-6-11-17-19(12-14)36-13-18-20(22(32)35-5-2)25(3)23(33)30(24(34)31(25)21(17)18)16-9-7-15(8-10-16)26(27,28)29/h6-12,18,20-21H,4-5,13H2,1-3H3/t18-,20+,21-,25-/m1/s1. The number of aryl methyl sites for hydroxylation is 1. The van der Waals surface area contributed by atoms with Gasteiger partial charge in [0.05, 0.1) is 36.4 Å². The van der Waals surface area contributed by atoms with Crippen molar-refractivity contribution in [2.75, 3.05) is 18.1 Å². The molecule has 3 aliphatic heterocycles. The average molecular weight is 502 g/mol. The smallest absolute Gasteiger partial charge is 0.416 e. The molecule has 10 heteroatoms. The summed E-state index contributed by atoms with van der Waals surface area (Å²) in [6.45, 7) is 5.38. The topological polar surface area (TPSA) is 76.2 Å². The number of urea groups is 1. The second kappa shape index (κ2) is 8.25. The van der Waals surface area contributed by atoms with Crippen molar-refractivity contribution in [3.05, 3.63) is 59.2 Å². The number of nitrogens with zero attached hydrogens (tertiary/aromatic N) is 2. The fourth-order valence-corrected chi connectivity index (χ4v) is 5.78. The van der Waals surface area contributed by atoms with Crippen LogP contribution in [0.4, 0.5) is 23.7 Å². The molecule has 0 unspecified atom stereocenters. The lowest BCUT2D eigenvalue weighted by Crippen LogP contribution is -2.51. The quantitative estimate of drug-likeness (QED) is 0.446. The summed E-state index contributed by atoms with van der Waals surface area (Å²) in [5.41, 5.74) is -0.787. The van der Waals surface area contributed by atoms with E-state index in [1.54, 1.807) is 6.92 Å². The number of esters is 1. The molecule has 0 bridgehead atoms. The first-order valence-electron chi connectivity index (χ1n) is 11.8. The number of rotatable bonds is 4. The molecule has 5 rings (SSSR count). The Bertz CT molecular complexity index is 1250. The molecule has 0 aliphatic carbocycles. The number of amides is 3. The van der Waals surface area contributed by atoms with Crippen LogP contribution < -0.4 is 9.64 Å². The summed E-state index contributed by atoms with van der Waals surface area (Å²) in [6.07, 6.45) is -3.79. The molecule has 2 saturated heterocycles. The predicted octanol–water partition coefficient (Wildman–Crippen LogP) is 4.74. The zero-order valence-corrected chi connectivity index (χ0v) is 20.0. The maximum absolute atomic E-state index is 13.9. The zero-order chi connectivity index (χ0) is 26.0. The maximum atomic E-state index is 13.9. The van der Waals surface area contributed by atoms with Crippen molar-refractivity contribution in [1.82, 2.24) is 4.90 Å². The highest BCUT2D eigenvalue weighted by Crippen LogP contribution is 2.58. The molecule has 3 amide bonds. The third-order valence-corrected chi connectivity index (χ3v) is 7.48. The van der Waals surface area contributed by atoms with Gasteiger partial charge >= 0.3 is 18.2 Å². The molecule has 2 aromatic carbocycles. The molecule has 190 valence electrons. The second-order valence-corrected chi connectivity index (χ2v) is 9.36. The summed E-state index contributed by atoms with van der Waals surface area (Å²) in [4.78, 5) is 43.1. The van der Waals surface area contributed by atoms with Gasteiger partial charge in [0.25, 0.3) is 5.91 Å². The van der Waals surface area contributed by atoms with Gasteiger partial charge in [-0.15, -0.1) is 0 Å². The highest BCUT2D eigenvalue weighted by Gasteiger charge is 2.72. The number of carbonyl (C=O) groups excluding carboxylic acids is 3. The number of benzene rings is 2. The fraction of sp³-hybridized carbons (Fsp3) is 0.423. The van der Waals surface area contributed by atoms with Gasteiger partial charge in [-0.05, 0) is 56.2 Å². The highest BCUT2D eigenvalue weighted by atomic mass is 19.4. The van der Waals surface area contributed by atoms with E-state index in [0.717, 1.165) is 41.1 Å². The van der Waals surface area contributed by atoms with Crippen molar-refractivity contribution < 1.29 is 37.0 Å². The van der Waals surface area contributed by atoms with Crippen molar-refractivity contribution >= 4 is 23.6 Å². The minimum absolute atomic E-state index is 0.00129. The number of carbonyl (C=O) groups is 3. The van der Waals surface area contributed by atoms with Crippen molar-refractivity contribution in [1.29, 1.82) is 0 Å². The van der Waals surface area contributed by atoms with Gasteiger partial charge in [-0.2, -0.15) is 13.2 Å². The van der Waals surface area contributed by atoms with Gasteiger partial charge < -0.3 is 14.4 Å². The van der Waals surface area contributed by atoms with Gasteiger partial charge in [0.1, 0.15) is 11.3 Å². The van der Waals surface area contributed by atoms with Crippen LogP contribution in [0.5, 0.6) is 5.75 Å². The van der Waals surface area contributed by atoms with Crippen molar-refractivity contribution in [3.63, 3.8) is 0 Å². The summed E-state index contributed by atoms with van der Waals surface area (Å²) < 4.78 is 50.5. The summed E-state index contributed by atoms with van der Waals surface area (Å²) in [5.74, 6) is -2.28. The highest BCUT2D eigenvalue weighted by molar-refractivity contribution is 6.24. The molecular weight excluding hydrogens is 477 g/mol.